The second-order valence-electron chi connectivity index (χ2n) is 4.04. The van der Waals surface area contributed by atoms with Gasteiger partial charge in [-0.25, -0.2) is 4.79 Å². The van der Waals surface area contributed by atoms with Crippen molar-refractivity contribution in [1.82, 2.24) is 4.98 Å². The summed E-state index contributed by atoms with van der Waals surface area (Å²) in [7, 11) is 0. The largest absolute Gasteiger partial charge is 0.417 e. The number of oxazole rings is 1. The lowest BCUT2D eigenvalue weighted by molar-refractivity contribution is 0.528. The normalized spacial score (nSPS) is 15.3. The molecule has 0 bridgehead atoms. The summed E-state index contributed by atoms with van der Waals surface area (Å²) in [5.41, 5.74) is 1.82. The van der Waals surface area contributed by atoms with E-state index in [-0.39, 0.29) is 5.76 Å². The highest BCUT2D eigenvalue weighted by Crippen LogP contribution is 2.42. The van der Waals surface area contributed by atoms with Crippen molar-refractivity contribution in [2.24, 2.45) is 0 Å². The van der Waals surface area contributed by atoms with Gasteiger partial charge >= 0.3 is 5.76 Å². The summed E-state index contributed by atoms with van der Waals surface area (Å²) in [5.74, 6) is 0.730. The second-order valence-corrected chi connectivity index (χ2v) is 4.47. The Hall–Kier alpha value is -1.48. The molecule has 2 aromatic rings. The number of benzene rings is 1. The van der Waals surface area contributed by atoms with Crippen LogP contribution in [0.5, 0.6) is 0 Å². The van der Waals surface area contributed by atoms with E-state index in [0.29, 0.717) is 16.7 Å². The molecule has 1 N–H and O–H groups in total. The van der Waals surface area contributed by atoms with Crippen molar-refractivity contribution in [3.63, 3.8) is 0 Å². The van der Waals surface area contributed by atoms with Crippen molar-refractivity contribution in [3.8, 4) is 11.3 Å². The zero-order chi connectivity index (χ0) is 11.1. The van der Waals surface area contributed by atoms with Crippen LogP contribution in [-0.2, 0) is 0 Å². The van der Waals surface area contributed by atoms with Crippen LogP contribution in [0.3, 0.4) is 0 Å². The molecule has 0 aliphatic heterocycles. The summed E-state index contributed by atoms with van der Waals surface area (Å²) >= 11 is 5.82. The second kappa shape index (κ2) is 3.52. The maximum absolute atomic E-state index is 11.2. The zero-order valence-corrected chi connectivity index (χ0v) is 9.25. The van der Waals surface area contributed by atoms with Crippen LogP contribution in [0, 0.1) is 0 Å². The van der Waals surface area contributed by atoms with Crippen LogP contribution in [0.4, 0.5) is 0 Å². The molecule has 0 atom stereocenters. The van der Waals surface area contributed by atoms with Crippen LogP contribution in [0.15, 0.2) is 33.5 Å². The average molecular weight is 236 g/mol. The average Bonchev–Trinajstić information content (AvgIpc) is 3.04. The van der Waals surface area contributed by atoms with Gasteiger partial charge in [-0.15, -0.1) is 0 Å². The summed E-state index contributed by atoms with van der Waals surface area (Å²) in [6.45, 7) is 0. The number of rotatable bonds is 2. The Labute approximate surface area is 97.1 Å². The van der Waals surface area contributed by atoms with E-state index in [1.165, 1.54) is 0 Å². The van der Waals surface area contributed by atoms with Crippen LogP contribution >= 0.6 is 11.6 Å². The van der Waals surface area contributed by atoms with Crippen LogP contribution in [0.2, 0.25) is 5.02 Å². The van der Waals surface area contributed by atoms with E-state index in [0.717, 1.165) is 24.1 Å². The molecule has 0 spiro atoms. The fraction of sp³-hybridized carbons (Fsp3) is 0.250. The molecule has 0 amide bonds. The lowest BCUT2D eigenvalue weighted by Crippen LogP contribution is -1.95. The Morgan fingerprint density at radius 1 is 1.25 bits per heavy atom. The van der Waals surface area contributed by atoms with E-state index < -0.39 is 0 Å². The Morgan fingerprint density at radius 2 is 1.94 bits per heavy atom. The fourth-order valence-corrected chi connectivity index (χ4v) is 1.94. The summed E-state index contributed by atoms with van der Waals surface area (Å²) in [6.07, 6.45) is 2.24. The predicted octanol–water partition coefficient (Wildman–Crippen LogP) is 3.17. The van der Waals surface area contributed by atoms with Gasteiger partial charge < -0.3 is 4.42 Å². The summed E-state index contributed by atoms with van der Waals surface area (Å²) in [6, 6.07) is 7.31. The molecule has 1 fully saturated rings. The smallest absolute Gasteiger partial charge is 0.408 e. The minimum absolute atomic E-state index is 0.383. The summed E-state index contributed by atoms with van der Waals surface area (Å²) in [5, 5.41) is 0.676. The molecule has 1 heterocycles. The molecule has 0 unspecified atom stereocenters. The van der Waals surface area contributed by atoms with E-state index in [9.17, 15) is 4.79 Å². The van der Waals surface area contributed by atoms with Crippen molar-refractivity contribution in [1.29, 1.82) is 0 Å². The number of aromatic nitrogens is 1. The number of hydrogen-bond acceptors (Lipinski definition) is 2. The maximum Gasteiger partial charge on any atom is 0.417 e. The third-order valence-corrected chi connectivity index (χ3v) is 3.02. The lowest BCUT2D eigenvalue weighted by atomic mass is 10.1. The number of H-pyrrole nitrogens is 1. The van der Waals surface area contributed by atoms with Gasteiger partial charge in [-0.05, 0) is 37.1 Å². The molecular weight excluding hydrogens is 226 g/mol. The first-order valence-corrected chi connectivity index (χ1v) is 5.61. The molecule has 3 nitrogen and oxygen atoms in total. The summed E-state index contributed by atoms with van der Waals surface area (Å²) < 4.78 is 5.19. The maximum atomic E-state index is 11.2. The fourth-order valence-electron chi connectivity index (χ4n) is 1.82. The minimum Gasteiger partial charge on any atom is -0.408 e. The molecule has 4 heteroatoms. The first-order valence-electron chi connectivity index (χ1n) is 5.23. The highest BCUT2D eigenvalue weighted by Gasteiger charge is 2.30. The molecule has 3 rings (SSSR count). The van der Waals surface area contributed by atoms with E-state index in [2.05, 4.69) is 4.98 Å². The molecule has 16 heavy (non-hydrogen) atoms. The van der Waals surface area contributed by atoms with E-state index in [1.807, 2.05) is 12.1 Å². The molecule has 1 aromatic heterocycles. The van der Waals surface area contributed by atoms with Gasteiger partial charge in [0.15, 0.2) is 5.76 Å². The van der Waals surface area contributed by atoms with Gasteiger partial charge in [0.25, 0.3) is 0 Å². The highest BCUT2D eigenvalue weighted by atomic mass is 35.5. The monoisotopic (exact) mass is 235 g/mol. The van der Waals surface area contributed by atoms with Gasteiger partial charge in [-0.2, -0.15) is 0 Å². The van der Waals surface area contributed by atoms with Gasteiger partial charge in [0.05, 0.1) is 5.69 Å². The van der Waals surface area contributed by atoms with Crippen molar-refractivity contribution in [2.75, 3.05) is 0 Å². The molecule has 0 radical (unpaired) electrons. The Bertz CT molecular complexity index is 563. The molecule has 0 saturated heterocycles. The highest BCUT2D eigenvalue weighted by molar-refractivity contribution is 6.30. The van der Waals surface area contributed by atoms with Crippen LogP contribution in [0.1, 0.15) is 24.5 Å². The number of halogens is 1. The van der Waals surface area contributed by atoms with Crippen LogP contribution in [0.25, 0.3) is 11.3 Å². The standard InChI is InChI=1S/C12H10ClNO2/c13-9-5-3-8(4-6-9)11-10(7-1-2-7)14-12(15)16-11/h3-7H,1-2H2,(H,14,15). The zero-order valence-electron chi connectivity index (χ0n) is 8.50. The predicted molar refractivity (Wildman–Crippen MR) is 61.7 cm³/mol. The minimum atomic E-state index is -0.383. The van der Waals surface area contributed by atoms with Crippen LogP contribution in [-0.4, -0.2) is 4.98 Å². The molecule has 1 saturated carbocycles. The van der Waals surface area contributed by atoms with Crippen LogP contribution < -0.4 is 5.76 Å². The molecule has 1 aliphatic rings. The molecule has 1 aliphatic carbocycles. The van der Waals surface area contributed by atoms with E-state index >= 15 is 0 Å². The van der Waals surface area contributed by atoms with Gasteiger partial charge in [-0.3, -0.25) is 4.98 Å². The van der Waals surface area contributed by atoms with Crippen molar-refractivity contribution >= 4 is 11.6 Å². The van der Waals surface area contributed by atoms with E-state index in [1.54, 1.807) is 12.1 Å². The van der Waals surface area contributed by atoms with Crippen molar-refractivity contribution in [3.05, 3.63) is 45.5 Å². The number of aromatic amines is 1. The van der Waals surface area contributed by atoms with E-state index in [4.69, 9.17) is 16.0 Å². The molecule has 1 aromatic carbocycles. The number of hydrogen-bond donors (Lipinski definition) is 1. The quantitative estimate of drug-likeness (QED) is 0.869. The van der Waals surface area contributed by atoms with Gasteiger partial charge in [0, 0.05) is 16.5 Å². The Balaban J connectivity index is 2.11. The van der Waals surface area contributed by atoms with Gasteiger partial charge in [0.1, 0.15) is 0 Å². The Kier molecular flexibility index (Phi) is 2.14. The first kappa shape index (κ1) is 9.73. The van der Waals surface area contributed by atoms with Gasteiger partial charge in [-0.1, -0.05) is 11.6 Å². The Morgan fingerprint density at radius 3 is 2.56 bits per heavy atom. The molecular formula is C12H10ClNO2. The topological polar surface area (TPSA) is 46.0 Å². The lowest BCUT2D eigenvalue weighted by Gasteiger charge is -1.99. The third-order valence-electron chi connectivity index (χ3n) is 2.77. The third kappa shape index (κ3) is 1.67. The summed E-state index contributed by atoms with van der Waals surface area (Å²) in [4.78, 5) is 14.0. The van der Waals surface area contributed by atoms with Gasteiger partial charge in [0.2, 0.25) is 0 Å². The molecule has 82 valence electrons. The van der Waals surface area contributed by atoms with Crippen molar-refractivity contribution in [2.45, 2.75) is 18.8 Å². The SMILES string of the molecule is O=c1[nH]c(C2CC2)c(-c2ccc(Cl)cc2)o1. The first-order chi connectivity index (χ1) is 7.74. The van der Waals surface area contributed by atoms with Crippen molar-refractivity contribution < 1.29 is 4.42 Å². The number of nitrogens with one attached hydrogen (secondary N) is 1.